The quantitative estimate of drug-likeness (QED) is 0.293. The monoisotopic (exact) mass is 370 g/mol. The second-order valence-corrected chi connectivity index (χ2v) is 6.95. The van der Waals surface area contributed by atoms with E-state index in [0.717, 1.165) is 6.42 Å². The number of hydrogen-bond donors (Lipinski definition) is 4. The number of rotatable bonds is 13. The average molecular weight is 370 g/mol. The Balaban J connectivity index is 2.31. The van der Waals surface area contributed by atoms with Crippen molar-refractivity contribution in [3.8, 4) is 0 Å². The molecule has 6 heteroatoms. The molecule has 1 rings (SSSR count). The SMILES string of the molecule is CCCCC/C=C\C[C@H]1O[C@H]([C@H](O)/C=C/[C@@H](O)CCCC(=O)O)C[C@@H]1O. The summed E-state index contributed by atoms with van der Waals surface area (Å²) in [5, 5.41) is 38.6. The molecule has 26 heavy (non-hydrogen) atoms. The van der Waals surface area contributed by atoms with Crippen molar-refractivity contribution in [2.24, 2.45) is 0 Å². The Morgan fingerprint density at radius 3 is 2.65 bits per heavy atom. The molecule has 0 unspecified atom stereocenters. The Hall–Kier alpha value is -1.21. The zero-order valence-corrected chi connectivity index (χ0v) is 15.7. The van der Waals surface area contributed by atoms with Crippen molar-refractivity contribution < 1.29 is 30.0 Å². The smallest absolute Gasteiger partial charge is 0.303 e. The van der Waals surface area contributed by atoms with Crippen LogP contribution in [0.25, 0.3) is 0 Å². The van der Waals surface area contributed by atoms with E-state index in [-0.39, 0.29) is 12.5 Å². The van der Waals surface area contributed by atoms with E-state index in [1.54, 1.807) is 0 Å². The largest absolute Gasteiger partial charge is 0.481 e. The summed E-state index contributed by atoms with van der Waals surface area (Å²) >= 11 is 0. The highest BCUT2D eigenvalue weighted by Crippen LogP contribution is 2.26. The van der Waals surface area contributed by atoms with Crippen LogP contribution in [0.4, 0.5) is 0 Å². The first-order chi connectivity index (χ1) is 12.4. The zero-order chi connectivity index (χ0) is 19.4. The number of ether oxygens (including phenoxy) is 1. The van der Waals surface area contributed by atoms with Gasteiger partial charge in [0.05, 0.1) is 30.5 Å². The fraction of sp³-hybridized carbons (Fsp3) is 0.750. The molecule has 1 heterocycles. The number of unbranched alkanes of at least 4 members (excludes halogenated alkanes) is 3. The molecule has 0 aromatic heterocycles. The summed E-state index contributed by atoms with van der Waals surface area (Å²) in [6.45, 7) is 2.17. The van der Waals surface area contributed by atoms with Crippen LogP contribution in [-0.2, 0) is 9.53 Å². The van der Waals surface area contributed by atoms with Crippen LogP contribution in [0.15, 0.2) is 24.3 Å². The van der Waals surface area contributed by atoms with Gasteiger partial charge in [-0.2, -0.15) is 0 Å². The van der Waals surface area contributed by atoms with Crippen LogP contribution in [0.3, 0.4) is 0 Å². The first-order valence-electron chi connectivity index (χ1n) is 9.68. The van der Waals surface area contributed by atoms with Crippen molar-refractivity contribution in [1.82, 2.24) is 0 Å². The Morgan fingerprint density at radius 1 is 1.19 bits per heavy atom. The summed E-state index contributed by atoms with van der Waals surface area (Å²) in [6, 6.07) is 0. The molecule has 0 bridgehead atoms. The van der Waals surface area contributed by atoms with E-state index in [4.69, 9.17) is 9.84 Å². The highest BCUT2D eigenvalue weighted by Gasteiger charge is 2.36. The van der Waals surface area contributed by atoms with Gasteiger partial charge in [0.2, 0.25) is 0 Å². The van der Waals surface area contributed by atoms with Crippen LogP contribution < -0.4 is 0 Å². The van der Waals surface area contributed by atoms with Crippen molar-refractivity contribution in [2.75, 3.05) is 0 Å². The van der Waals surface area contributed by atoms with Gasteiger partial charge in [0, 0.05) is 12.8 Å². The average Bonchev–Trinajstić information content (AvgIpc) is 2.96. The fourth-order valence-corrected chi connectivity index (χ4v) is 2.98. The molecular formula is C20H34O6. The van der Waals surface area contributed by atoms with Crippen molar-refractivity contribution in [1.29, 1.82) is 0 Å². The summed E-state index contributed by atoms with van der Waals surface area (Å²) in [4.78, 5) is 10.4. The predicted octanol–water partition coefficient (Wildman–Crippen LogP) is 2.56. The van der Waals surface area contributed by atoms with Crippen LogP contribution in [0.1, 0.15) is 64.7 Å². The van der Waals surface area contributed by atoms with Gasteiger partial charge in [0.25, 0.3) is 0 Å². The second kappa shape index (κ2) is 13.0. The molecule has 0 amide bonds. The summed E-state index contributed by atoms with van der Waals surface area (Å²) in [6.07, 6.45) is 10.3. The van der Waals surface area contributed by atoms with Gasteiger partial charge in [-0.15, -0.1) is 0 Å². The minimum Gasteiger partial charge on any atom is -0.481 e. The summed E-state index contributed by atoms with van der Waals surface area (Å²) in [5.41, 5.74) is 0. The van der Waals surface area contributed by atoms with Crippen molar-refractivity contribution in [3.63, 3.8) is 0 Å². The molecule has 0 saturated carbocycles. The maximum atomic E-state index is 10.4. The third-order valence-electron chi connectivity index (χ3n) is 4.56. The van der Waals surface area contributed by atoms with Gasteiger partial charge in [-0.3, -0.25) is 4.79 Å². The van der Waals surface area contributed by atoms with Crippen LogP contribution in [0.5, 0.6) is 0 Å². The lowest BCUT2D eigenvalue weighted by Gasteiger charge is -2.16. The van der Waals surface area contributed by atoms with Gasteiger partial charge >= 0.3 is 5.97 Å². The highest BCUT2D eigenvalue weighted by atomic mass is 16.5. The Kier molecular flexibility index (Phi) is 11.4. The van der Waals surface area contributed by atoms with Crippen molar-refractivity contribution >= 4 is 5.97 Å². The van der Waals surface area contributed by atoms with Crippen LogP contribution in [0, 0.1) is 0 Å². The third-order valence-corrected chi connectivity index (χ3v) is 4.56. The summed E-state index contributed by atoms with van der Waals surface area (Å²) < 4.78 is 5.75. The second-order valence-electron chi connectivity index (χ2n) is 6.95. The van der Waals surface area contributed by atoms with Crippen LogP contribution in [0.2, 0.25) is 0 Å². The molecule has 1 saturated heterocycles. The lowest BCUT2D eigenvalue weighted by Crippen LogP contribution is -2.24. The molecule has 0 aromatic rings. The minimum atomic E-state index is -0.905. The number of carboxylic acid groups (broad SMARTS) is 1. The topological polar surface area (TPSA) is 107 Å². The summed E-state index contributed by atoms with van der Waals surface area (Å²) in [5.74, 6) is -0.889. The lowest BCUT2D eigenvalue weighted by molar-refractivity contribution is -0.137. The molecule has 0 radical (unpaired) electrons. The molecule has 0 aromatic carbocycles. The number of carboxylic acids is 1. The number of aliphatic hydroxyl groups is 3. The van der Waals surface area contributed by atoms with E-state index in [1.807, 2.05) is 6.08 Å². The Labute approximate surface area is 156 Å². The molecule has 1 fully saturated rings. The van der Waals surface area contributed by atoms with Crippen molar-refractivity contribution in [2.45, 2.75) is 95.2 Å². The minimum absolute atomic E-state index is 0.0129. The van der Waals surface area contributed by atoms with E-state index in [1.165, 1.54) is 31.4 Å². The predicted molar refractivity (Wildman–Crippen MR) is 99.8 cm³/mol. The maximum absolute atomic E-state index is 10.4. The molecule has 0 spiro atoms. The molecule has 150 valence electrons. The molecule has 5 atom stereocenters. The van der Waals surface area contributed by atoms with Gasteiger partial charge in [0.1, 0.15) is 0 Å². The number of aliphatic hydroxyl groups excluding tert-OH is 3. The van der Waals surface area contributed by atoms with Gasteiger partial charge in [-0.05, 0) is 32.1 Å². The van der Waals surface area contributed by atoms with E-state index in [2.05, 4.69) is 13.0 Å². The standard InChI is InChI=1S/C20H34O6/c1-2-3-4-5-6-7-10-18-17(23)14-19(26-18)16(22)13-12-15(21)9-8-11-20(24)25/h6-7,12-13,15-19,21-23H,2-5,8-11,14H2,1H3,(H,24,25)/b7-6-,13-12+/t15-,16+,17-,18+,19-/m0/s1. The maximum Gasteiger partial charge on any atom is 0.303 e. The van der Waals surface area contributed by atoms with Gasteiger partial charge in [-0.1, -0.05) is 44.1 Å². The van der Waals surface area contributed by atoms with Gasteiger partial charge in [0.15, 0.2) is 0 Å². The van der Waals surface area contributed by atoms with Crippen LogP contribution in [-0.4, -0.2) is 56.9 Å². The normalized spacial score (nSPS) is 25.9. The lowest BCUT2D eigenvalue weighted by atomic mass is 10.0. The molecule has 1 aliphatic rings. The number of carbonyl (C=O) groups is 1. The van der Waals surface area contributed by atoms with E-state index < -0.39 is 30.4 Å². The zero-order valence-electron chi connectivity index (χ0n) is 15.7. The van der Waals surface area contributed by atoms with E-state index in [9.17, 15) is 20.1 Å². The number of hydrogen-bond acceptors (Lipinski definition) is 5. The number of allylic oxidation sites excluding steroid dienone is 1. The van der Waals surface area contributed by atoms with E-state index >= 15 is 0 Å². The summed E-state index contributed by atoms with van der Waals surface area (Å²) in [7, 11) is 0. The number of aliphatic carboxylic acids is 1. The highest BCUT2D eigenvalue weighted by molar-refractivity contribution is 5.66. The first-order valence-corrected chi connectivity index (χ1v) is 9.68. The molecule has 0 aliphatic carbocycles. The molecule has 4 N–H and O–H groups in total. The first kappa shape index (κ1) is 22.8. The fourth-order valence-electron chi connectivity index (χ4n) is 2.98. The van der Waals surface area contributed by atoms with Gasteiger partial charge < -0.3 is 25.2 Å². The third kappa shape index (κ3) is 9.48. The Morgan fingerprint density at radius 2 is 1.96 bits per heavy atom. The molecule has 1 aliphatic heterocycles. The van der Waals surface area contributed by atoms with Crippen LogP contribution >= 0.6 is 0 Å². The van der Waals surface area contributed by atoms with E-state index in [0.29, 0.717) is 25.7 Å². The molecular weight excluding hydrogens is 336 g/mol. The molecule has 6 nitrogen and oxygen atoms in total. The van der Waals surface area contributed by atoms with Gasteiger partial charge in [-0.25, -0.2) is 0 Å². The van der Waals surface area contributed by atoms with Crippen molar-refractivity contribution in [3.05, 3.63) is 24.3 Å². The Bertz CT molecular complexity index is 448.